The minimum absolute atomic E-state index is 0.204. The summed E-state index contributed by atoms with van der Waals surface area (Å²) < 4.78 is 7.03. The summed E-state index contributed by atoms with van der Waals surface area (Å²) in [5.74, 6) is 0.352. The van der Waals surface area contributed by atoms with Crippen molar-refractivity contribution >= 4 is 5.91 Å². The minimum Gasteiger partial charge on any atom is -0.448 e. The normalized spacial score (nSPS) is 12.0. The summed E-state index contributed by atoms with van der Waals surface area (Å²) in [5, 5.41) is 7.24. The molecule has 1 atom stereocenters. The van der Waals surface area contributed by atoms with Crippen LogP contribution in [0.15, 0.2) is 59.6 Å². The van der Waals surface area contributed by atoms with E-state index in [1.807, 2.05) is 49.5 Å². The van der Waals surface area contributed by atoms with E-state index in [4.69, 9.17) is 4.42 Å². The number of hydrogen-bond acceptors (Lipinski definition) is 4. The van der Waals surface area contributed by atoms with Crippen LogP contribution in [-0.2, 0) is 13.0 Å². The highest BCUT2D eigenvalue weighted by Crippen LogP contribution is 2.16. The monoisotopic (exact) mass is 310 g/mol. The zero-order chi connectivity index (χ0) is 16.1. The van der Waals surface area contributed by atoms with Crippen LogP contribution in [0.25, 0.3) is 0 Å². The number of hydrogen-bond donors (Lipinski definition) is 1. The summed E-state index contributed by atoms with van der Waals surface area (Å²) in [5.41, 5.74) is 1.35. The van der Waals surface area contributed by atoms with Crippen LogP contribution < -0.4 is 5.32 Å². The van der Waals surface area contributed by atoms with Gasteiger partial charge in [-0.3, -0.25) is 9.48 Å². The number of amides is 1. The summed E-state index contributed by atoms with van der Waals surface area (Å²) in [6.07, 6.45) is 5.52. The number of carbonyl (C=O) groups is 1. The molecule has 1 N–H and O–H groups in total. The minimum atomic E-state index is -0.239. The Bertz CT molecular complexity index is 750. The fraction of sp³-hybridized carbons (Fsp3) is 0.235. The van der Waals surface area contributed by atoms with Gasteiger partial charge in [-0.25, -0.2) is 4.98 Å². The van der Waals surface area contributed by atoms with Gasteiger partial charge in [0.1, 0.15) is 5.76 Å². The van der Waals surface area contributed by atoms with Crippen LogP contribution in [0.3, 0.4) is 0 Å². The van der Waals surface area contributed by atoms with Crippen LogP contribution in [0.1, 0.15) is 34.8 Å². The first kappa shape index (κ1) is 15.0. The molecular formula is C17H18N4O2. The maximum atomic E-state index is 12.5. The van der Waals surface area contributed by atoms with Crippen LogP contribution in [-0.4, -0.2) is 20.7 Å². The average molecular weight is 310 g/mol. The van der Waals surface area contributed by atoms with Gasteiger partial charge >= 0.3 is 0 Å². The third-order valence-corrected chi connectivity index (χ3v) is 3.61. The molecule has 2 heterocycles. The molecule has 0 saturated carbocycles. The number of benzene rings is 1. The average Bonchev–Trinajstić information content (AvgIpc) is 3.26. The molecule has 0 radical (unpaired) electrons. The fourth-order valence-corrected chi connectivity index (χ4v) is 2.45. The van der Waals surface area contributed by atoms with Gasteiger partial charge in [-0.15, -0.1) is 0 Å². The second-order valence-electron chi connectivity index (χ2n) is 5.14. The number of nitrogens with zero attached hydrogens (tertiary/aromatic N) is 3. The first-order valence-corrected chi connectivity index (χ1v) is 7.53. The summed E-state index contributed by atoms with van der Waals surface area (Å²) in [6.45, 7) is 2.47. The lowest BCUT2D eigenvalue weighted by Gasteiger charge is -2.19. The molecular weight excluding hydrogens is 292 g/mol. The second kappa shape index (κ2) is 6.91. The van der Waals surface area contributed by atoms with Crippen molar-refractivity contribution in [2.75, 3.05) is 0 Å². The van der Waals surface area contributed by atoms with E-state index in [1.54, 1.807) is 10.9 Å². The Morgan fingerprint density at radius 1 is 1.30 bits per heavy atom. The predicted molar refractivity (Wildman–Crippen MR) is 84.8 cm³/mol. The van der Waals surface area contributed by atoms with E-state index in [-0.39, 0.29) is 11.9 Å². The molecule has 6 nitrogen and oxygen atoms in total. The summed E-state index contributed by atoms with van der Waals surface area (Å²) in [7, 11) is 0. The van der Waals surface area contributed by atoms with E-state index >= 15 is 0 Å². The highest BCUT2D eigenvalue weighted by Gasteiger charge is 2.20. The van der Waals surface area contributed by atoms with Gasteiger partial charge in [-0.2, -0.15) is 5.10 Å². The molecule has 2 aromatic heterocycles. The summed E-state index contributed by atoms with van der Waals surface area (Å²) in [6, 6.07) is 11.5. The zero-order valence-corrected chi connectivity index (χ0v) is 12.8. The highest BCUT2D eigenvalue weighted by molar-refractivity contribution is 5.93. The Morgan fingerprint density at radius 2 is 2.13 bits per heavy atom. The topological polar surface area (TPSA) is 73.0 Å². The number of carbonyl (C=O) groups excluding carboxylic acids is 1. The van der Waals surface area contributed by atoms with E-state index in [2.05, 4.69) is 15.4 Å². The third-order valence-electron chi connectivity index (χ3n) is 3.61. The van der Waals surface area contributed by atoms with Crippen LogP contribution >= 0.6 is 0 Å². The molecule has 0 spiro atoms. The van der Waals surface area contributed by atoms with E-state index in [9.17, 15) is 4.79 Å². The first-order chi connectivity index (χ1) is 11.3. The van der Waals surface area contributed by atoms with Crippen molar-refractivity contribution in [3.63, 3.8) is 0 Å². The Hall–Kier alpha value is -2.89. The van der Waals surface area contributed by atoms with E-state index in [1.165, 1.54) is 6.39 Å². The number of aromatic nitrogens is 3. The van der Waals surface area contributed by atoms with E-state index in [0.717, 1.165) is 5.56 Å². The Balaban J connectivity index is 1.82. The van der Waals surface area contributed by atoms with Gasteiger partial charge in [-0.1, -0.05) is 37.3 Å². The standard InChI is InChI=1S/C17H18N4O2/c1-2-15-16(18-12-23-15)17(22)20-14(11-21-10-6-9-19-21)13-7-4-3-5-8-13/h3-10,12,14H,2,11H2,1H3,(H,20,22). The maximum absolute atomic E-state index is 12.5. The molecule has 0 saturated heterocycles. The molecule has 6 heteroatoms. The quantitative estimate of drug-likeness (QED) is 0.759. The van der Waals surface area contributed by atoms with Gasteiger partial charge in [0.25, 0.3) is 5.91 Å². The van der Waals surface area contributed by atoms with Crippen LogP contribution in [0, 0.1) is 0 Å². The van der Waals surface area contributed by atoms with Crippen LogP contribution in [0.2, 0.25) is 0 Å². The van der Waals surface area contributed by atoms with Gasteiger partial charge in [-0.05, 0) is 11.6 Å². The SMILES string of the molecule is CCc1ocnc1C(=O)NC(Cn1cccn1)c1ccccc1. The molecule has 3 rings (SSSR count). The van der Waals surface area contributed by atoms with Gasteiger partial charge in [0, 0.05) is 18.8 Å². The van der Waals surface area contributed by atoms with Crippen molar-refractivity contribution in [2.45, 2.75) is 25.9 Å². The zero-order valence-electron chi connectivity index (χ0n) is 12.8. The van der Waals surface area contributed by atoms with Crippen molar-refractivity contribution in [1.29, 1.82) is 0 Å². The third kappa shape index (κ3) is 3.48. The second-order valence-corrected chi connectivity index (χ2v) is 5.14. The maximum Gasteiger partial charge on any atom is 0.274 e. The summed E-state index contributed by atoms with van der Waals surface area (Å²) >= 11 is 0. The Morgan fingerprint density at radius 3 is 2.83 bits per heavy atom. The molecule has 0 fully saturated rings. The number of aryl methyl sites for hydroxylation is 1. The lowest BCUT2D eigenvalue weighted by molar-refractivity contribution is 0.0925. The van der Waals surface area contributed by atoms with Gasteiger partial charge in [0.05, 0.1) is 12.6 Å². The van der Waals surface area contributed by atoms with Gasteiger partial charge in [0.15, 0.2) is 12.1 Å². The molecule has 0 aliphatic carbocycles. The van der Waals surface area contributed by atoms with Crippen molar-refractivity contribution < 1.29 is 9.21 Å². The fourth-order valence-electron chi connectivity index (χ4n) is 2.45. The van der Waals surface area contributed by atoms with Crippen LogP contribution in [0.5, 0.6) is 0 Å². The van der Waals surface area contributed by atoms with Gasteiger partial charge in [0.2, 0.25) is 0 Å². The largest absolute Gasteiger partial charge is 0.448 e. The summed E-state index contributed by atoms with van der Waals surface area (Å²) in [4.78, 5) is 16.6. The van der Waals surface area contributed by atoms with Crippen molar-refractivity contribution in [1.82, 2.24) is 20.1 Å². The lowest BCUT2D eigenvalue weighted by atomic mass is 10.1. The van der Waals surface area contributed by atoms with E-state index in [0.29, 0.717) is 24.4 Å². The van der Waals surface area contributed by atoms with Crippen molar-refractivity contribution in [3.8, 4) is 0 Å². The van der Waals surface area contributed by atoms with Crippen molar-refractivity contribution in [3.05, 3.63) is 72.2 Å². The molecule has 1 unspecified atom stereocenters. The van der Waals surface area contributed by atoms with Crippen molar-refractivity contribution in [2.24, 2.45) is 0 Å². The van der Waals surface area contributed by atoms with E-state index < -0.39 is 0 Å². The lowest BCUT2D eigenvalue weighted by Crippen LogP contribution is -2.32. The first-order valence-electron chi connectivity index (χ1n) is 7.53. The highest BCUT2D eigenvalue weighted by atomic mass is 16.3. The molecule has 0 aliphatic rings. The van der Waals surface area contributed by atoms with Crippen LogP contribution in [0.4, 0.5) is 0 Å². The van der Waals surface area contributed by atoms with Gasteiger partial charge < -0.3 is 9.73 Å². The Labute approximate surface area is 134 Å². The Kier molecular flexibility index (Phi) is 4.52. The number of oxazole rings is 1. The number of nitrogens with one attached hydrogen (secondary N) is 1. The smallest absolute Gasteiger partial charge is 0.274 e. The molecule has 1 aromatic carbocycles. The number of rotatable bonds is 6. The molecule has 0 aliphatic heterocycles. The predicted octanol–water partition coefficient (Wildman–Crippen LogP) is 2.60. The molecule has 1 amide bonds. The molecule has 3 aromatic rings. The molecule has 23 heavy (non-hydrogen) atoms. The molecule has 118 valence electrons. The molecule has 0 bridgehead atoms.